The summed E-state index contributed by atoms with van der Waals surface area (Å²) in [6.45, 7) is 3.32. The largest absolute Gasteiger partial charge is 0.468 e. The predicted molar refractivity (Wildman–Crippen MR) is 48.1 cm³/mol. The van der Waals surface area contributed by atoms with E-state index in [-0.39, 0.29) is 11.9 Å². The number of hydrogen-bond acceptors (Lipinski definition) is 4. The van der Waals surface area contributed by atoms with Crippen molar-refractivity contribution in [2.75, 3.05) is 14.2 Å². The Morgan fingerprint density at radius 1 is 1.23 bits per heavy atom. The summed E-state index contributed by atoms with van der Waals surface area (Å²) in [4.78, 5) is 22.0. The minimum Gasteiger partial charge on any atom is -0.468 e. The summed E-state index contributed by atoms with van der Waals surface area (Å²) >= 11 is 0. The van der Waals surface area contributed by atoms with Crippen LogP contribution in [-0.4, -0.2) is 38.1 Å². The highest BCUT2D eigenvalue weighted by Gasteiger charge is 2.18. The average Bonchev–Trinajstić information content (AvgIpc) is 2.14. The van der Waals surface area contributed by atoms with Crippen molar-refractivity contribution in [3.05, 3.63) is 0 Å². The fourth-order valence-electron chi connectivity index (χ4n) is 0.912. The van der Waals surface area contributed by atoms with Gasteiger partial charge in [-0.25, -0.2) is 0 Å². The summed E-state index contributed by atoms with van der Waals surface area (Å²) in [6, 6.07) is -0.878. The van der Waals surface area contributed by atoms with Crippen LogP contribution in [0.25, 0.3) is 0 Å². The molecule has 5 heteroatoms. The van der Waals surface area contributed by atoms with E-state index < -0.39 is 12.1 Å². The average molecular weight is 188 g/mol. The van der Waals surface area contributed by atoms with Crippen molar-refractivity contribution in [3.8, 4) is 0 Å². The van der Waals surface area contributed by atoms with Gasteiger partial charge in [-0.1, -0.05) is 0 Å². The van der Waals surface area contributed by atoms with Crippen LogP contribution in [0.5, 0.6) is 0 Å². The third-order valence-corrected chi connectivity index (χ3v) is 1.69. The maximum atomic E-state index is 11.0. The number of hydrogen-bond donors (Lipinski definition) is 2. The zero-order chi connectivity index (χ0) is 10.4. The first-order valence-electron chi connectivity index (χ1n) is 4.08. The molecule has 5 nitrogen and oxygen atoms in total. The van der Waals surface area contributed by atoms with Gasteiger partial charge in [0.15, 0.2) is 0 Å². The maximum Gasteiger partial charge on any atom is 0.322 e. The lowest BCUT2D eigenvalue weighted by atomic mass is 10.2. The van der Waals surface area contributed by atoms with Crippen molar-refractivity contribution in [2.24, 2.45) is 0 Å². The van der Waals surface area contributed by atoms with E-state index in [4.69, 9.17) is 0 Å². The Balaban J connectivity index is 3.98. The van der Waals surface area contributed by atoms with Crippen LogP contribution in [0.3, 0.4) is 0 Å². The van der Waals surface area contributed by atoms with Crippen LogP contribution < -0.4 is 10.6 Å². The first kappa shape index (κ1) is 11.9. The van der Waals surface area contributed by atoms with Gasteiger partial charge in [0.25, 0.3) is 0 Å². The lowest BCUT2D eigenvalue weighted by molar-refractivity contribution is -0.143. The van der Waals surface area contributed by atoms with E-state index in [1.54, 1.807) is 20.9 Å². The van der Waals surface area contributed by atoms with Crippen molar-refractivity contribution in [2.45, 2.75) is 25.9 Å². The summed E-state index contributed by atoms with van der Waals surface area (Å²) in [5.41, 5.74) is 0. The van der Waals surface area contributed by atoms with E-state index in [0.29, 0.717) is 0 Å². The molecule has 0 spiro atoms. The molecule has 2 atom stereocenters. The number of esters is 1. The van der Waals surface area contributed by atoms with E-state index in [2.05, 4.69) is 15.4 Å². The molecule has 0 rings (SSSR count). The van der Waals surface area contributed by atoms with Crippen molar-refractivity contribution < 1.29 is 14.3 Å². The summed E-state index contributed by atoms with van der Waals surface area (Å²) in [5, 5.41) is 5.27. The number of rotatable bonds is 4. The van der Waals surface area contributed by atoms with E-state index in [0.717, 1.165) is 0 Å². The molecule has 0 heterocycles. The minimum absolute atomic E-state index is 0.157. The molecule has 76 valence electrons. The molecule has 0 aromatic rings. The molecule has 0 saturated carbocycles. The topological polar surface area (TPSA) is 67.4 Å². The molecule has 0 aromatic heterocycles. The van der Waals surface area contributed by atoms with Gasteiger partial charge in [0.2, 0.25) is 5.91 Å². The van der Waals surface area contributed by atoms with Crippen LogP contribution in [0.2, 0.25) is 0 Å². The number of ether oxygens (including phenoxy) is 1. The van der Waals surface area contributed by atoms with Gasteiger partial charge >= 0.3 is 5.97 Å². The number of methoxy groups -OCH3 is 1. The number of carbonyl (C=O) groups is 2. The van der Waals surface area contributed by atoms with Crippen LogP contribution in [0.4, 0.5) is 0 Å². The van der Waals surface area contributed by atoms with Crippen molar-refractivity contribution in [3.63, 3.8) is 0 Å². The maximum absolute atomic E-state index is 11.0. The first-order valence-corrected chi connectivity index (χ1v) is 4.08. The van der Waals surface area contributed by atoms with Gasteiger partial charge < -0.3 is 10.1 Å². The van der Waals surface area contributed by atoms with Gasteiger partial charge in [-0.3, -0.25) is 14.9 Å². The molecule has 0 aliphatic heterocycles. The molecule has 0 aromatic carbocycles. The second-order valence-corrected chi connectivity index (χ2v) is 2.75. The Morgan fingerprint density at radius 2 is 1.77 bits per heavy atom. The molecule has 13 heavy (non-hydrogen) atoms. The van der Waals surface area contributed by atoms with E-state index in [9.17, 15) is 9.59 Å². The fraction of sp³-hybridized carbons (Fsp3) is 0.750. The fourth-order valence-corrected chi connectivity index (χ4v) is 0.912. The highest BCUT2D eigenvalue weighted by atomic mass is 16.5. The van der Waals surface area contributed by atoms with Crippen molar-refractivity contribution in [1.82, 2.24) is 10.6 Å². The Hall–Kier alpha value is -1.10. The van der Waals surface area contributed by atoms with E-state index in [1.165, 1.54) is 7.11 Å². The minimum atomic E-state index is -0.475. The number of amides is 1. The molecule has 0 fully saturated rings. The van der Waals surface area contributed by atoms with Gasteiger partial charge in [0, 0.05) is 7.05 Å². The SMILES string of the molecule is CNC(=O)C(C)NC(C)C(=O)OC. The molecule has 0 aliphatic carbocycles. The molecule has 0 saturated heterocycles. The Morgan fingerprint density at radius 3 is 2.15 bits per heavy atom. The number of likely N-dealkylation sites (N-methyl/N-ethyl adjacent to an activating group) is 1. The van der Waals surface area contributed by atoms with Gasteiger partial charge in [0.1, 0.15) is 6.04 Å². The van der Waals surface area contributed by atoms with Gasteiger partial charge in [-0.05, 0) is 13.8 Å². The van der Waals surface area contributed by atoms with Crippen LogP contribution in [0.15, 0.2) is 0 Å². The standard InChI is InChI=1S/C8H16N2O3/c1-5(7(11)9-3)10-6(2)8(12)13-4/h5-6,10H,1-4H3,(H,9,11). The molecule has 2 N–H and O–H groups in total. The van der Waals surface area contributed by atoms with Crippen LogP contribution in [0, 0.1) is 0 Å². The van der Waals surface area contributed by atoms with Gasteiger partial charge in [-0.2, -0.15) is 0 Å². The third-order valence-electron chi connectivity index (χ3n) is 1.69. The van der Waals surface area contributed by atoms with Crippen LogP contribution >= 0.6 is 0 Å². The lowest BCUT2D eigenvalue weighted by Gasteiger charge is -2.16. The molecule has 0 radical (unpaired) electrons. The summed E-state index contributed by atoms with van der Waals surface area (Å²) in [7, 11) is 2.86. The van der Waals surface area contributed by atoms with Crippen LogP contribution in [-0.2, 0) is 14.3 Å². The molecular formula is C8H16N2O3. The van der Waals surface area contributed by atoms with Gasteiger partial charge in [-0.15, -0.1) is 0 Å². The highest BCUT2D eigenvalue weighted by Crippen LogP contribution is 1.90. The Labute approximate surface area is 77.8 Å². The zero-order valence-corrected chi connectivity index (χ0v) is 8.38. The summed E-state index contributed by atoms with van der Waals surface area (Å²) < 4.78 is 4.49. The number of nitrogens with one attached hydrogen (secondary N) is 2. The molecule has 1 amide bonds. The monoisotopic (exact) mass is 188 g/mol. The lowest BCUT2D eigenvalue weighted by Crippen LogP contribution is -2.47. The zero-order valence-electron chi connectivity index (χ0n) is 8.38. The second kappa shape index (κ2) is 5.53. The quantitative estimate of drug-likeness (QED) is 0.571. The van der Waals surface area contributed by atoms with Crippen molar-refractivity contribution >= 4 is 11.9 Å². The summed E-state index contributed by atoms with van der Waals surface area (Å²) in [5.74, 6) is -0.536. The second-order valence-electron chi connectivity index (χ2n) is 2.75. The molecule has 0 bridgehead atoms. The third kappa shape index (κ3) is 3.89. The Kier molecular flexibility index (Phi) is 5.06. The summed E-state index contributed by atoms with van der Waals surface area (Å²) in [6.07, 6.45) is 0. The van der Waals surface area contributed by atoms with E-state index >= 15 is 0 Å². The normalized spacial score (nSPS) is 14.5. The first-order chi connectivity index (χ1) is 6.02. The highest BCUT2D eigenvalue weighted by molar-refractivity contribution is 5.82. The van der Waals surface area contributed by atoms with Crippen LogP contribution in [0.1, 0.15) is 13.8 Å². The molecule has 2 unspecified atom stereocenters. The van der Waals surface area contributed by atoms with Crippen molar-refractivity contribution in [1.29, 1.82) is 0 Å². The molecule has 0 aliphatic rings. The smallest absolute Gasteiger partial charge is 0.322 e. The number of carbonyl (C=O) groups excluding carboxylic acids is 2. The predicted octanol–water partition coefficient (Wildman–Crippen LogP) is -0.728. The molecular weight excluding hydrogens is 172 g/mol. The van der Waals surface area contributed by atoms with E-state index in [1.807, 2.05) is 0 Å². The van der Waals surface area contributed by atoms with Gasteiger partial charge in [0.05, 0.1) is 13.2 Å². The Bertz CT molecular complexity index is 174.